The number of nitrogens with one attached hydrogen (secondary N) is 1. The molecule has 0 radical (unpaired) electrons. The van der Waals surface area contributed by atoms with E-state index in [1.54, 1.807) is 6.07 Å². The summed E-state index contributed by atoms with van der Waals surface area (Å²) in [5.74, 6) is -0.341. The van der Waals surface area contributed by atoms with Crippen molar-refractivity contribution in [3.8, 4) is 0 Å². The minimum Gasteiger partial charge on any atom is -0.381 e. The molecule has 1 atom stereocenters. The maximum absolute atomic E-state index is 13.5. The molecule has 1 fully saturated rings. The molecule has 1 aliphatic rings. The van der Waals surface area contributed by atoms with Crippen molar-refractivity contribution in [2.75, 3.05) is 26.3 Å². The van der Waals surface area contributed by atoms with Crippen molar-refractivity contribution in [2.45, 2.75) is 19.8 Å². The van der Waals surface area contributed by atoms with Gasteiger partial charge in [0.1, 0.15) is 5.82 Å². The summed E-state index contributed by atoms with van der Waals surface area (Å²) in [6.07, 6.45) is 1.85. The second-order valence-electron chi connectivity index (χ2n) is 5.01. The van der Waals surface area contributed by atoms with Crippen LogP contribution in [0.15, 0.2) is 18.2 Å². The smallest absolute Gasteiger partial charge is 0.142 e. The summed E-state index contributed by atoms with van der Waals surface area (Å²) in [4.78, 5) is 0. The van der Waals surface area contributed by atoms with Crippen LogP contribution in [0.1, 0.15) is 18.9 Å². The molecule has 1 aliphatic heterocycles. The van der Waals surface area contributed by atoms with E-state index in [9.17, 15) is 4.39 Å². The zero-order chi connectivity index (χ0) is 13.0. The highest BCUT2D eigenvalue weighted by Gasteiger charge is 2.34. The zero-order valence-electron chi connectivity index (χ0n) is 10.6. The van der Waals surface area contributed by atoms with Gasteiger partial charge in [-0.05, 0) is 37.1 Å². The maximum Gasteiger partial charge on any atom is 0.142 e. The highest BCUT2D eigenvalue weighted by atomic mass is 35.5. The molecule has 0 aromatic heterocycles. The monoisotopic (exact) mass is 271 g/mol. The predicted molar refractivity (Wildman–Crippen MR) is 71.5 cm³/mol. The minimum atomic E-state index is -0.341. The Morgan fingerprint density at radius 1 is 1.50 bits per heavy atom. The van der Waals surface area contributed by atoms with Gasteiger partial charge in [0.2, 0.25) is 0 Å². The van der Waals surface area contributed by atoms with Gasteiger partial charge in [-0.1, -0.05) is 24.6 Å². The Balaban J connectivity index is 2.10. The molecule has 1 aromatic carbocycles. The SMILES string of the molecule is CCNCC1(Cc2ccc(Cl)c(F)c2)CCOC1. The van der Waals surface area contributed by atoms with Crippen molar-refractivity contribution >= 4 is 11.6 Å². The lowest BCUT2D eigenvalue weighted by Crippen LogP contribution is -2.36. The van der Waals surface area contributed by atoms with Crippen LogP contribution in [-0.4, -0.2) is 26.3 Å². The summed E-state index contributed by atoms with van der Waals surface area (Å²) >= 11 is 5.70. The summed E-state index contributed by atoms with van der Waals surface area (Å²) < 4.78 is 19.0. The number of benzene rings is 1. The molecule has 1 N–H and O–H groups in total. The lowest BCUT2D eigenvalue weighted by molar-refractivity contribution is 0.149. The molecule has 2 rings (SSSR count). The molecule has 1 aromatic rings. The largest absolute Gasteiger partial charge is 0.381 e. The van der Waals surface area contributed by atoms with Crippen LogP contribution in [0.2, 0.25) is 5.02 Å². The van der Waals surface area contributed by atoms with Crippen LogP contribution in [0.4, 0.5) is 4.39 Å². The van der Waals surface area contributed by atoms with Gasteiger partial charge >= 0.3 is 0 Å². The fourth-order valence-corrected chi connectivity index (χ4v) is 2.58. The Labute approximate surface area is 112 Å². The van der Waals surface area contributed by atoms with Gasteiger partial charge in [0.05, 0.1) is 11.6 Å². The molecule has 100 valence electrons. The highest BCUT2D eigenvalue weighted by molar-refractivity contribution is 6.30. The molecule has 0 bridgehead atoms. The van der Waals surface area contributed by atoms with Gasteiger partial charge in [0, 0.05) is 18.6 Å². The fraction of sp³-hybridized carbons (Fsp3) is 0.571. The van der Waals surface area contributed by atoms with Crippen molar-refractivity contribution in [1.82, 2.24) is 5.32 Å². The lowest BCUT2D eigenvalue weighted by atomic mass is 9.81. The van der Waals surface area contributed by atoms with Crippen molar-refractivity contribution in [1.29, 1.82) is 0 Å². The minimum absolute atomic E-state index is 0.0935. The Bertz CT molecular complexity index is 405. The van der Waals surface area contributed by atoms with E-state index in [-0.39, 0.29) is 16.3 Å². The predicted octanol–water partition coefficient (Wildman–Crippen LogP) is 3.04. The van der Waals surface area contributed by atoms with E-state index < -0.39 is 0 Å². The summed E-state index contributed by atoms with van der Waals surface area (Å²) in [5, 5.41) is 3.56. The van der Waals surface area contributed by atoms with E-state index in [1.165, 1.54) is 6.07 Å². The van der Waals surface area contributed by atoms with Crippen LogP contribution in [0, 0.1) is 11.2 Å². The second kappa shape index (κ2) is 6.00. The average molecular weight is 272 g/mol. The van der Waals surface area contributed by atoms with Crippen LogP contribution < -0.4 is 5.32 Å². The van der Waals surface area contributed by atoms with Gasteiger partial charge in [0.25, 0.3) is 0 Å². The molecule has 0 aliphatic carbocycles. The van der Waals surface area contributed by atoms with Gasteiger partial charge in [-0.3, -0.25) is 0 Å². The van der Waals surface area contributed by atoms with Gasteiger partial charge in [-0.25, -0.2) is 4.39 Å². The number of hydrogen-bond acceptors (Lipinski definition) is 2. The molecular formula is C14H19ClFNO. The molecular weight excluding hydrogens is 253 g/mol. The normalized spacial score (nSPS) is 23.5. The first kappa shape index (κ1) is 13.8. The number of hydrogen-bond donors (Lipinski definition) is 1. The highest BCUT2D eigenvalue weighted by Crippen LogP contribution is 2.32. The van der Waals surface area contributed by atoms with Crippen molar-refractivity contribution < 1.29 is 9.13 Å². The van der Waals surface area contributed by atoms with Crippen LogP contribution >= 0.6 is 11.6 Å². The topological polar surface area (TPSA) is 21.3 Å². The van der Waals surface area contributed by atoms with Crippen LogP contribution in [0.5, 0.6) is 0 Å². The Morgan fingerprint density at radius 3 is 2.94 bits per heavy atom. The van der Waals surface area contributed by atoms with E-state index >= 15 is 0 Å². The molecule has 1 heterocycles. The fourth-order valence-electron chi connectivity index (χ4n) is 2.46. The van der Waals surface area contributed by atoms with E-state index in [1.807, 2.05) is 6.07 Å². The average Bonchev–Trinajstić information content (AvgIpc) is 2.80. The van der Waals surface area contributed by atoms with Crippen molar-refractivity contribution in [3.63, 3.8) is 0 Å². The summed E-state index contributed by atoms with van der Waals surface area (Å²) in [6.45, 7) is 5.47. The second-order valence-corrected chi connectivity index (χ2v) is 5.42. The first-order valence-corrected chi connectivity index (χ1v) is 6.75. The molecule has 2 nitrogen and oxygen atoms in total. The van der Waals surface area contributed by atoms with Crippen LogP contribution in [-0.2, 0) is 11.2 Å². The van der Waals surface area contributed by atoms with E-state index in [0.717, 1.165) is 44.7 Å². The number of rotatable bonds is 5. The molecule has 1 unspecified atom stereocenters. The molecule has 0 spiro atoms. The summed E-state index contributed by atoms with van der Waals surface area (Å²) in [6, 6.07) is 5.06. The number of ether oxygens (including phenoxy) is 1. The molecule has 1 saturated heterocycles. The van der Waals surface area contributed by atoms with Gasteiger partial charge in [-0.15, -0.1) is 0 Å². The van der Waals surface area contributed by atoms with Crippen LogP contribution in [0.3, 0.4) is 0 Å². The Morgan fingerprint density at radius 2 is 2.33 bits per heavy atom. The van der Waals surface area contributed by atoms with Crippen molar-refractivity contribution in [2.24, 2.45) is 5.41 Å². The summed E-state index contributed by atoms with van der Waals surface area (Å²) in [5.41, 5.74) is 1.08. The molecule has 18 heavy (non-hydrogen) atoms. The Hall–Kier alpha value is -0.640. The maximum atomic E-state index is 13.5. The molecule has 0 amide bonds. The lowest BCUT2D eigenvalue weighted by Gasteiger charge is -2.27. The number of halogens is 2. The first-order chi connectivity index (χ1) is 8.65. The zero-order valence-corrected chi connectivity index (χ0v) is 11.4. The van der Waals surface area contributed by atoms with Gasteiger partial charge < -0.3 is 10.1 Å². The van der Waals surface area contributed by atoms with E-state index in [0.29, 0.717) is 0 Å². The Kier molecular flexibility index (Phi) is 4.60. The quantitative estimate of drug-likeness (QED) is 0.889. The standard InChI is InChI=1S/C14H19ClFNO/c1-2-17-9-14(5-6-18-10-14)8-11-3-4-12(15)13(16)7-11/h3-4,7,17H,2,5-6,8-10H2,1H3. The summed E-state index contributed by atoms with van der Waals surface area (Å²) in [7, 11) is 0. The van der Waals surface area contributed by atoms with Gasteiger partial charge in [-0.2, -0.15) is 0 Å². The third kappa shape index (κ3) is 3.22. The third-order valence-electron chi connectivity index (χ3n) is 3.50. The van der Waals surface area contributed by atoms with Gasteiger partial charge in [0.15, 0.2) is 0 Å². The van der Waals surface area contributed by atoms with Crippen molar-refractivity contribution in [3.05, 3.63) is 34.6 Å². The first-order valence-electron chi connectivity index (χ1n) is 6.38. The molecule has 4 heteroatoms. The van der Waals surface area contributed by atoms with E-state index in [2.05, 4.69) is 12.2 Å². The van der Waals surface area contributed by atoms with E-state index in [4.69, 9.17) is 16.3 Å². The third-order valence-corrected chi connectivity index (χ3v) is 3.80. The molecule has 0 saturated carbocycles. The van der Waals surface area contributed by atoms with Crippen LogP contribution in [0.25, 0.3) is 0 Å².